The maximum Gasteiger partial charge on any atom is 0.141 e. The largest absolute Gasteiger partial charge is 0.489 e. The van der Waals surface area contributed by atoms with Gasteiger partial charge in [-0.25, -0.2) is 0 Å². The van der Waals surface area contributed by atoms with E-state index in [1.54, 1.807) is 0 Å². The summed E-state index contributed by atoms with van der Waals surface area (Å²) in [7, 11) is 0. The van der Waals surface area contributed by atoms with E-state index in [0.717, 1.165) is 17.7 Å². The predicted octanol–water partition coefficient (Wildman–Crippen LogP) is 2.64. The second-order valence-corrected chi connectivity index (χ2v) is 4.17. The van der Waals surface area contributed by atoms with E-state index in [0.29, 0.717) is 11.6 Å². The number of hydrogen-bond acceptors (Lipinski definition) is 2. The Bertz CT molecular complexity index is 401. The summed E-state index contributed by atoms with van der Waals surface area (Å²) in [6, 6.07) is 4.02. The van der Waals surface area contributed by atoms with Gasteiger partial charge in [0.25, 0.3) is 0 Å². The molecule has 0 amide bonds. The highest BCUT2D eigenvalue weighted by atomic mass is 35.5. The van der Waals surface area contributed by atoms with Gasteiger partial charge in [0.2, 0.25) is 0 Å². The highest BCUT2D eigenvalue weighted by Gasteiger charge is 2.21. The van der Waals surface area contributed by atoms with Crippen LogP contribution in [0.25, 0.3) is 6.08 Å². The van der Waals surface area contributed by atoms with Crippen molar-refractivity contribution in [1.29, 1.82) is 0 Å². The predicted molar refractivity (Wildman–Crippen MR) is 63.3 cm³/mol. The van der Waals surface area contributed by atoms with Crippen molar-refractivity contribution in [2.75, 3.05) is 6.54 Å². The van der Waals surface area contributed by atoms with Crippen LogP contribution >= 0.6 is 11.6 Å². The maximum atomic E-state index is 6.13. The second-order valence-electron chi connectivity index (χ2n) is 3.76. The number of ether oxygens (including phenoxy) is 1. The molecule has 3 heteroatoms. The smallest absolute Gasteiger partial charge is 0.141 e. The number of nitrogens with two attached hydrogens (primary N) is 1. The molecule has 0 fully saturated rings. The molecule has 2 N–H and O–H groups in total. The van der Waals surface area contributed by atoms with Crippen LogP contribution in [-0.2, 0) is 6.42 Å². The van der Waals surface area contributed by atoms with Gasteiger partial charge in [0, 0.05) is 13.0 Å². The number of benzene rings is 1. The molecule has 0 bridgehead atoms. The molecular weight excluding hydrogens is 210 g/mol. The Balaban J connectivity index is 2.35. The Kier molecular flexibility index (Phi) is 2.98. The number of rotatable bonds is 2. The molecule has 0 radical (unpaired) electrons. The van der Waals surface area contributed by atoms with Crippen molar-refractivity contribution in [1.82, 2.24) is 0 Å². The summed E-state index contributed by atoms with van der Waals surface area (Å²) >= 11 is 6.13. The monoisotopic (exact) mass is 223 g/mol. The third-order valence-corrected chi connectivity index (χ3v) is 2.70. The third-order valence-electron chi connectivity index (χ3n) is 2.42. The minimum Gasteiger partial charge on any atom is -0.489 e. The molecular formula is C12H14ClNO. The number of fused-ring (bicyclic) bond motifs is 1. The van der Waals surface area contributed by atoms with Gasteiger partial charge in [-0.3, -0.25) is 0 Å². The summed E-state index contributed by atoms with van der Waals surface area (Å²) in [4.78, 5) is 0. The van der Waals surface area contributed by atoms with E-state index < -0.39 is 0 Å². The lowest BCUT2D eigenvalue weighted by Gasteiger charge is -2.05. The van der Waals surface area contributed by atoms with Gasteiger partial charge in [0.15, 0.2) is 0 Å². The van der Waals surface area contributed by atoms with Gasteiger partial charge in [-0.1, -0.05) is 23.8 Å². The summed E-state index contributed by atoms with van der Waals surface area (Å²) in [6.07, 6.45) is 5.05. The summed E-state index contributed by atoms with van der Waals surface area (Å²) in [5, 5.41) is 0.688. The van der Waals surface area contributed by atoms with Crippen molar-refractivity contribution in [3.63, 3.8) is 0 Å². The van der Waals surface area contributed by atoms with Crippen LogP contribution < -0.4 is 10.5 Å². The molecule has 1 aromatic carbocycles. The van der Waals surface area contributed by atoms with Crippen LogP contribution in [-0.4, -0.2) is 12.6 Å². The lowest BCUT2D eigenvalue weighted by atomic mass is 10.1. The molecule has 1 aliphatic rings. The first-order valence-electron chi connectivity index (χ1n) is 5.06. The zero-order valence-corrected chi connectivity index (χ0v) is 9.42. The van der Waals surface area contributed by atoms with Gasteiger partial charge in [-0.15, -0.1) is 0 Å². The van der Waals surface area contributed by atoms with Crippen molar-refractivity contribution in [3.8, 4) is 5.75 Å². The van der Waals surface area contributed by atoms with E-state index in [2.05, 4.69) is 6.07 Å². The minimum absolute atomic E-state index is 0.228. The zero-order valence-electron chi connectivity index (χ0n) is 8.66. The van der Waals surface area contributed by atoms with E-state index in [1.165, 1.54) is 5.56 Å². The lowest BCUT2D eigenvalue weighted by molar-refractivity contribution is 0.255. The normalized spacial score (nSPS) is 19.3. The molecule has 0 aliphatic carbocycles. The van der Waals surface area contributed by atoms with Gasteiger partial charge >= 0.3 is 0 Å². The molecule has 0 aromatic heterocycles. The molecule has 0 saturated carbocycles. The number of hydrogen-bond donors (Lipinski definition) is 1. The second kappa shape index (κ2) is 4.25. The SMILES string of the molecule is CC1Cc2cc(/C=C/CN)cc(Cl)c2O1. The number of halogens is 1. The summed E-state index contributed by atoms with van der Waals surface area (Å²) in [6.45, 7) is 2.59. The summed E-state index contributed by atoms with van der Waals surface area (Å²) in [5.74, 6) is 0.842. The van der Waals surface area contributed by atoms with Crippen LogP contribution in [0.4, 0.5) is 0 Å². The molecule has 1 aliphatic heterocycles. The van der Waals surface area contributed by atoms with Gasteiger partial charge in [0.05, 0.1) is 5.02 Å². The van der Waals surface area contributed by atoms with Crippen molar-refractivity contribution in [2.24, 2.45) is 5.73 Å². The molecule has 1 heterocycles. The van der Waals surface area contributed by atoms with E-state index >= 15 is 0 Å². The van der Waals surface area contributed by atoms with Crippen LogP contribution in [0, 0.1) is 0 Å². The van der Waals surface area contributed by atoms with Gasteiger partial charge in [0.1, 0.15) is 11.9 Å². The highest BCUT2D eigenvalue weighted by Crippen LogP contribution is 2.37. The van der Waals surface area contributed by atoms with Gasteiger partial charge < -0.3 is 10.5 Å². The fourth-order valence-corrected chi connectivity index (χ4v) is 2.10. The Hall–Kier alpha value is -0.990. The molecule has 2 rings (SSSR count). The van der Waals surface area contributed by atoms with Crippen LogP contribution in [0.2, 0.25) is 5.02 Å². The first kappa shape index (κ1) is 10.5. The molecule has 0 saturated heterocycles. The topological polar surface area (TPSA) is 35.2 Å². The van der Waals surface area contributed by atoms with Crippen LogP contribution in [0.3, 0.4) is 0 Å². The first-order valence-corrected chi connectivity index (χ1v) is 5.44. The summed E-state index contributed by atoms with van der Waals surface area (Å²) in [5.41, 5.74) is 7.68. The van der Waals surface area contributed by atoms with Crippen LogP contribution in [0.1, 0.15) is 18.1 Å². The van der Waals surface area contributed by atoms with E-state index in [1.807, 2.05) is 25.1 Å². The first-order chi connectivity index (χ1) is 7.20. The van der Waals surface area contributed by atoms with E-state index in [-0.39, 0.29) is 6.10 Å². The fraction of sp³-hybridized carbons (Fsp3) is 0.333. The van der Waals surface area contributed by atoms with Crippen molar-refractivity contribution in [3.05, 3.63) is 34.4 Å². The Morgan fingerprint density at radius 3 is 3.13 bits per heavy atom. The Morgan fingerprint density at radius 1 is 1.60 bits per heavy atom. The lowest BCUT2D eigenvalue weighted by Crippen LogP contribution is -2.05. The molecule has 1 unspecified atom stereocenters. The average Bonchev–Trinajstić information content (AvgIpc) is 2.56. The highest BCUT2D eigenvalue weighted by molar-refractivity contribution is 6.32. The van der Waals surface area contributed by atoms with Crippen LogP contribution in [0.15, 0.2) is 18.2 Å². The quantitative estimate of drug-likeness (QED) is 0.837. The standard InChI is InChI=1S/C12H14ClNO/c1-8-5-10-6-9(3-2-4-14)7-11(13)12(10)15-8/h2-3,6-8H,4-5,14H2,1H3/b3-2+. The zero-order chi connectivity index (χ0) is 10.8. The molecule has 2 nitrogen and oxygen atoms in total. The Labute approximate surface area is 94.7 Å². The molecule has 15 heavy (non-hydrogen) atoms. The van der Waals surface area contributed by atoms with Gasteiger partial charge in [-0.2, -0.15) is 0 Å². The fourth-order valence-electron chi connectivity index (χ4n) is 1.81. The molecule has 0 spiro atoms. The minimum atomic E-state index is 0.228. The molecule has 1 atom stereocenters. The van der Waals surface area contributed by atoms with E-state index in [9.17, 15) is 0 Å². The van der Waals surface area contributed by atoms with Crippen molar-refractivity contribution >= 4 is 17.7 Å². The summed E-state index contributed by atoms with van der Waals surface area (Å²) < 4.78 is 5.62. The third kappa shape index (κ3) is 2.16. The van der Waals surface area contributed by atoms with E-state index in [4.69, 9.17) is 22.1 Å². The van der Waals surface area contributed by atoms with Crippen molar-refractivity contribution < 1.29 is 4.74 Å². The Morgan fingerprint density at radius 2 is 2.40 bits per heavy atom. The maximum absolute atomic E-state index is 6.13. The average molecular weight is 224 g/mol. The van der Waals surface area contributed by atoms with Crippen LogP contribution in [0.5, 0.6) is 5.75 Å². The van der Waals surface area contributed by atoms with Gasteiger partial charge in [-0.05, 0) is 30.2 Å². The molecule has 1 aromatic rings. The van der Waals surface area contributed by atoms with Crippen molar-refractivity contribution in [2.45, 2.75) is 19.4 Å². The molecule has 80 valence electrons.